The number of aliphatic carboxylic acids is 1. The highest BCUT2D eigenvalue weighted by Crippen LogP contribution is 2.18. The number of benzene rings is 1. The van der Waals surface area contributed by atoms with Crippen LogP contribution in [0.1, 0.15) is 11.0 Å². The van der Waals surface area contributed by atoms with Crippen LogP contribution in [0, 0.1) is 0 Å². The number of hydrogen-bond acceptors (Lipinski definition) is 2. The number of aromatic nitrogens is 1. The summed E-state index contributed by atoms with van der Waals surface area (Å²) in [5, 5.41) is 9.30. The number of nitrogens with one attached hydrogen (secondary N) is 1. The van der Waals surface area contributed by atoms with Crippen molar-refractivity contribution < 1.29 is 15.4 Å². The lowest BCUT2D eigenvalue weighted by molar-refractivity contribution is -0.138. The second kappa shape index (κ2) is 3.74. The van der Waals surface area contributed by atoms with E-state index in [0.29, 0.717) is 5.39 Å². The van der Waals surface area contributed by atoms with E-state index in [4.69, 9.17) is 16.3 Å². The number of aromatic amines is 1. The lowest BCUT2D eigenvalue weighted by atomic mass is 10.2. The summed E-state index contributed by atoms with van der Waals surface area (Å²) in [5.74, 6) is -1.48. The Bertz CT molecular complexity index is 666. The highest BCUT2D eigenvalue weighted by atomic mass is 16.4. The van der Waals surface area contributed by atoms with Crippen molar-refractivity contribution in [3.05, 3.63) is 36.0 Å². The Morgan fingerprint density at radius 2 is 2.60 bits per heavy atom. The van der Waals surface area contributed by atoms with Crippen molar-refractivity contribution >= 4 is 16.9 Å². The molecule has 0 saturated carbocycles. The third-order valence-corrected chi connectivity index (χ3v) is 2.11. The average Bonchev–Trinajstić information content (AvgIpc) is 2.61. The van der Waals surface area contributed by atoms with E-state index in [9.17, 15) is 4.79 Å². The number of H-pyrrole nitrogens is 1. The Kier molecular flexibility index (Phi) is 1.48. The fourth-order valence-electron chi connectivity index (χ4n) is 1.35. The fourth-order valence-corrected chi connectivity index (χ4v) is 1.35. The first-order chi connectivity index (χ1) is 8.74. The third-order valence-electron chi connectivity index (χ3n) is 2.11. The lowest BCUT2D eigenvalue weighted by Crippen LogP contribution is -2.32. The van der Waals surface area contributed by atoms with Crippen molar-refractivity contribution in [2.45, 2.75) is 12.4 Å². The van der Waals surface area contributed by atoms with Crippen molar-refractivity contribution in [2.75, 3.05) is 0 Å². The van der Waals surface area contributed by atoms with E-state index in [1.165, 1.54) is 12.1 Å². The zero-order valence-electron chi connectivity index (χ0n) is 11.8. The van der Waals surface area contributed by atoms with Crippen molar-refractivity contribution in [3.8, 4) is 0 Å². The molecule has 0 amide bonds. The van der Waals surface area contributed by atoms with Gasteiger partial charge in [0.1, 0.15) is 6.02 Å². The summed E-state index contributed by atoms with van der Waals surface area (Å²) >= 11 is 0. The molecule has 0 aliphatic carbocycles. The quantitative estimate of drug-likeness (QED) is 0.667. The van der Waals surface area contributed by atoms with E-state index in [1.807, 2.05) is 0 Å². The number of carbonyl (C=O) groups is 1. The van der Waals surface area contributed by atoms with Crippen LogP contribution in [-0.2, 0) is 11.2 Å². The molecule has 1 aromatic heterocycles. The summed E-state index contributed by atoms with van der Waals surface area (Å²) in [6.07, 6.45) is -0.435. The van der Waals surface area contributed by atoms with E-state index >= 15 is 0 Å². The number of fused-ring (bicyclic) bond motifs is 1. The van der Waals surface area contributed by atoms with E-state index in [-0.39, 0.29) is 35.8 Å². The molecule has 78 valence electrons. The molecule has 4 N–H and O–H groups in total. The largest absolute Gasteiger partial charge is 0.480 e. The van der Waals surface area contributed by atoms with E-state index < -0.39 is 12.0 Å². The molecule has 1 atom stereocenters. The SMILES string of the molecule is [2H][13c]1[nH]c2c(cc[13c]([2H])[13c]2[2H])c1C[13C]([2H])(N)C(=O)O. The van der Waals surface area contributed by atoms with E-state index in [2.05, 4.69) is 4.98 Å². The van der Waals surface area contributed by atoms with Gasteiger partial charge in [-0.15, -0.1) is 0 Å². The van der Waals surface area contributed by atoms with Crippen LogP contribution in [0.5, 0.6) is 0 Å². The normalized spacial score (nSPS) is 18.7. The topological polar surface area (TPSA) is 79.1 Å². The van der Waals surface area contributed by atoms with Crippen LogP contribution < -0.4 is 5.73 Å². The monoisotopic (exact) mass is 212 g/mol. The zero-order chi connectivity index (χ0) is 14.4. The molecule has 0 spiro atoms. The van der Waals surface area contributed by atoms with Crippen LogP contribution in [0.3, 0.4) is 0 Å². The molecule has 0 saturated heterocycles. The maximum absolute atomic E-state index is 10.9. The fraction of sp³-hybridized carbons (Fsp3) is 0.182. The molecule has 0 radical (unpaired) electrons. The lowest BCUT2D eigenvalue weighted by Gasteiger charge is -2.04. The van der Waals surface area contributed by atoms with Crippen LogP contribution in [0.15, 0.2) is 30.4 Å². The van der Waals surface area contributed by atoms with Gasteiger partial charge in [0.05, 0.1) is 5.48 Å². The first kappa shape index (κ1) is 5.92. The maximum atomic E-state index is 10.9. The van der Waals surface area contributed by atoms with Gasteiger partial charge in [-0.3, -0.25) is 4.79 Å². The van der Waals surface area contributed by atoms with Crippen LogP contribution in [-0.4, -0.2) is 22.1 Å². The smallest absolute Gasteiger partial charge is 0.320 e. The molecule has 0 bridgehead atoms. The standard InChI is InChI=1S/C11H12N2O2/c12-9(11(14)15)5-7-6-13-10-4-2-1-3-8(7)10/h1-4,6,9,13H,5,12H2,(H,14,15)/i2+1D,4+1D,6+1D,9+1D. The van der Waals surface area contributed by atoms with Gasteiger partial charge in [-0.2, -0.15) is 0 Å². The van der Waals surface area contributed by atoms with Crippen molar-refractivity contribution in [2.24, 2.45) is 5.73 Å². The summed E-state index contributed by atoms with van der Waals surface area (Å²) in [6.45, 7) is 0. The summed E-state index contributed by atoms with van der Waals surface area (Å²) in [7, 11) is 0. The number of carboxylic acids is 1. The van der Waals surface area contributed by atoms with Gasteiger partial charge in [0.25, 0.3) is 0 Å². The molecule has 4 heteroatoms. The molecule has 2 aromatic rings. The Balaban J connectivity index is 2.59. The molecule has 1 heterocycles. The Labute approximate surface area is 92.3 Å². The van der Waals surface area contributed by atoms with Gasteiger partial charge in [0.15, 0.2) is 0 Å². The molecule has 0 fully saturated rings. The zero-order valence-corrected chi connectivity index (χ0v) is 7.79. The van der Waals surface area contributed by atoms with Gasteiger partial charge in [-0.25, -0.2) is 0 Å². The van der Waals surface area contributed by atoms with Gasteiger partial charge >= 0.3 is 5.97 Å². The van der Waals surface area contributed by atoms with Crippen LogP contribution in [0.4, 0.5) is 0 Å². The summed E-state index contributed by atoms with van der Waals surface area (Å²) in [4.78, 5) is 13.5. The molecule has 2 rings (SSSR count). The molecular formula is C11H12N2O2. The van der Waals surface area contributed by atoms with Gasteiger partial charge in [-0.1, -0.05) is 18.2 Å². The van der Waals surface area contributed by atoms with Crippen LogP contribution >= 0.6 is 0 Å². The second-order valence-electron chi connectivity index (χ2n) is 3.13. The Hall–Kier alpha value is -1.81. The molecule has 1 unspecified atom stereocenters. The molecular weight excluding hydrogens is 196 g/mol. The van der Waals surface area contributed by atoms with E-state index in [0.717, 1.165) is 0 Å². The third kappa shape index (κ3) is 1.85. The molecule has 4 nitrogen and oxygen atoms in total. The predicted molar refractivity (Wildman–Crippen MR) is 57.6 cm³/mol. The minimum absolute atomic E-state index is 0.00317. The first-order valence-electron chi connectivity index (χ1n) is 6.33. The van der Waals surface area contributed by atoms with Crippen molar-refractivity contribution in [1.82, 2.24) is 4.98 Å². The van der Waals surface area contributed by atoms with Crippen molar-refractivity contribution in [1.29, 1.82) is 0 Å². The number of rotatable bonds is 3. The molecule has 0 aliphatic rings. The van der Waals surface area contributed by atoms with E-state index in [1.54, 1.807) is 0 Å². The van der Waals surface area contributed by atoms with Gasteiger partial charge in [0, 0.05) is 23.5 Å². The number of nitrogens with two attached hydrogens (primary N) is 1. The van der Waals surface area contributed by atoms with Gasteiger partial charge < -0.3 is 15.8 Å². The highest BCUT2D eigenvalue weighted by molar-refractivity contribution is 5.84. The predicted octanol–water partition coefficient (Wildman–Crippen LogP) is 1.12. The number of hydrogen-bond donors (Lipinski definition) is 3. The average molecular weight is 212 g/mol. The van der Waals surface area contributed by atoms with Crippen molar-refractivity contribution in [3.63, 3.8) is 0 Å². The second-order valence-corrected chi connectivity index (χ2v) is 3.13. The maximum Gasteiger partial charge on any atom is 0.320 e. The molecule has 15 heavy (non-hydrogen) atoms. The number of para-hydroxylation sites is 1. The highest BCUT2D eigenvalue weighted by Gasteiger charge is 2.14. The van der Waals surface area contributed by atoms with Gasteiger partial charge in [0.2, 0.25) is 0 Å². The summed E-state index contributed by atoms with van der Waals surface area (Å²) in [5.41, 5.74) is 5.92. The number of carboxylic acid groups (broad SMARTS) is 1. The Morgan fingerprint density at radius 1 is 1.80 bits per heavy atom. The van der Waals surface area contributed by atoms with Crippen LogP contribution in [0.2, 0.25) is 0 Å². The minimum atomic E-state index is -2.23. The summed E-state index contributed by atoms with van der Waals surface area (Å²) in [6, 6.07) is 0.623. The molecule has 1 aromatic carbocycles. The molecule has 0 aliphatic heterocycles. The minimum Gasteiger partial charge on any atom is -0.480 e. The van der Waals surface area contributed by atoms with Gasteiger partial charge in [-0.05, 0) is 11.6 Å². The Morgan fingerprint density at radius 3 is 3.33 bits per heavy atom. The first-order valence-corrected chi connectivity index (χ1v) is 4.33. The summed E-state index contributed by atoms with van der Waals surface area (Å²) < 4.78 is 30.5. The van der Waals surface area contributed by atoms with Crippen LogP contribution in [0.25, 0.3) is 10.9 Å².